The molecule has 1 N–H and O–H groups in total. The lowest BCUT2D eigenvalue weighted by molar-refractivity contribution is 0.228. The third kappa shape index (κ3) is 3.73. The minimum absolute atomic E-state index is 0.263. The fourth-order valence-electron chi connectivity index (χ4n) is 2.26. The van der Waals surface area contributed by atoms with Crippen LogP contribution in [-0.2, 0) is 6.54 Å². The predicted octanol–water partition coefficient (Wildman–Crippen LogP) is 5.54. The van der Waals surface area contributed by atoms with E-state index in [2.05, 4.69) is 5.32 Å². The van der Waals surface area contributed by atoms with Crippen LogP contribution in [0.2, 0.25) is 15.1 Å². The highest BCUT2D eigenvalue weighted by Crippen LogP contribution is 2.25. The second kappa shape index (κ2) is 7.11. The number of urea groups is 1. The van der Waals surface area contributed by atoms with Crippen molar-refractivity contribution in [2.75, 3.05) is 0 Å². The Morgan fingerprint density at radius 1 is 1.04 bits per heavy atom. The fraction of sp³-hybridized carbons (Fsp3) is 0.0588. The third-order valence-corrected chi connectivity index (χ3v) is 4.90. The molecule has 7 heteroatoms. The largest absolute Gasteiger partial charge is 0.327 e. The van der Waals surface area contributed by atoms with Gasteiger partial charge in [-0.3, -0.25) is 4.90 Å². The standard InChI is InChI=1S/C17H11Cl3N2OS/c18-12-4-1-10(2-5-12)9-22-16(24)15(21-17(22)23)8-11-3-6-13(19)14(20)7-11/h1-8H,9H2,(H,21,23)/b15-8+. The first kappa shape index (κ1) is 17.2. The van der Waals surface area contributed by atoms with Gasteiger partial charge >= 0.3 is 6.03 Å². The summed E-state index contributed by atoms with van der Waals surface area (Å²) in [7, 11) is 0. The SMILES string of the molecule is O=C1N/C(=C/c2ccc(Cl)c(Cl)c2)C(=S)N1Cc1ccc(Cl)cc1. The smallest absolute Gasteiger partial charge is 0.305 e. The maximum absolute atomic E-state index is 12.2. The van der Waals surface area contributed by atoms with E-state index in [4.69, 9.17) is 47.0 Å². The molecule has 1 heterocycles. The van der Waals surface area contributed by atoms with Gasteiger partial charge in [-0.1, -0.05) is 65.2 Å². The van der Waals surface area contributed by atoms with E-state index >= 15 is 0 Å². The number of rotatable bonds is 3. The van der Waals surface area contributed by atoms with Gasteiger partial charge in [0.05, 0.1) is 22.3 Å². The van der Waals surface area contributed by atoms with Crippen LogP contribution in [0, 0.1) is 0 Å². The predicted molar refractivity (Wildman–Crippen MR) is 103 cm³/mol. The Balaban J connectivity index is 1.81. The van der Waals surface area contributed by atoms with Gasteiger partial charge in [0.1, 0.15) is 4.99 Å². The highest BCUT2D eigenvalue weighted by molar-refractivity contribution is 7.80. The summed E-state index contributed by atoms with van der Waals surface area (Å²) in [5, 5.41) is 4.34. The van der Waals surface area contributed by atoms with Gasteiger partial charge in [-0.25, -0.2) is 4.79 Å². The van der Waals surface area contributed by atoms with Gasteiger partial charge in [-0.05, 0) is 41.5 Å². The van der Waals surface area contributed by atoms with Crippen LogP contribution in [0.4, 0.5) is 4.79 Å². The Morgan fingerprint density at radius 2 is 1.75 bits per heavy atom. The molecule has 0 saturated carbocycles. The van der Waals surface area contributed by atoms with Gasteiger partial charge < -0.3 is 5.32 Å². The number of carbonyl (C=O) groups is 1. The summed E-state index contributed by atoms with van der Waals surface area (Å²) in [6.07, 6.45) is 1.77. The molecule has 2 amide bonds. The summed E-state index contributed by atoms with van der Waals surface area (Å²) in [6.45, 7) is 0.376. The molecule has 0 atom stereocenters. The van der Waals surface area contributed by atoms with Crippen molar-refractivity contribution in [1.82, 2.24) is 10.2 Å². The van der Waals surface area contributed by atoms with Crippen LogP contribution in [0.25, 0.3) is 6.08 Å². The molecule has 0 aromatic heterocycles. The number of hydrogen-bond donors (Lipinski definition) is 1. The number of hydrogen-bond acceptors (Lipinski definition) is 2. The summed E-state index contributed by atoms with van der Waals surface area (Å²) in [5.74, 6) is 0. The van der Waals surface area contributed by atoms with Crippen molar-refractivity contribution in [3.63, 3.8) is 0 Å². The minimum atomic E-state index is -0.263. The van der Waals surface area contributed by atoms with E-state index in [0.717, 1.165) is 11.1 Å². The van der Waals surface area contributed by atoms with E-state index in [0.29, 0.717) is 32.3 Å². The van der Waals surface area contributed by atoms with Crippen molar-refractivity contribution < 1.29 is 4.79 Å². The number of carbonyl (C=O) groups excluding carboxylic acids is 1. The number of amides is 2. The monoisotopic (exact) mass is 396 g/mol. The fourth-order valence-corrected chi connectivity index (χ4v) is 2.95. The van der Waals surface area contributed by atoms with E-state index in [1.54, 1.807) is 36.4 Å². The molecule has 0 unspecified atom stereocenters. The first-order valence-electron chi connectivity index (χ1n) is 6.98. The molecule has 1 aliphatic rings. The average Bonchev–Trinajstić information content (AvgIpc) is 2.80. The number of thiocarbonyl (C=S) groups is 1. The van der Waals surface area contributed by atoms with Crippen molar-refractivity contribution in [2.24, 2.45) is 0 Å². The summed E-state index contributed by atoms with van der Waals surface area (Å²) in [6, 6.07) is 12.2. The Kier molecular flexibility index (Phi) is 5.11. The molecule has 122 valence electrons. The molecule has 1 saturated heterocycles. The topological polar surface area (TPSA) is 32.3 Å². The Labute approximate surface area is 159 Å². The molecule has 1 fully saturated rings. The van der Waals surface area contributed by atoms with E-state index < -0.39 is 0 Å². The van der Waals surface area contributed by atoms with Crippen molar-refractivity contribution in [2.45, 2.75) is 6.54 Å². The van der Waals surface area contributed by atoms with Gasteiger partial charge in [-0.2, -0.15) is 0 Å². The summed E-state index contributed by atoms with van der Waals surface area (Å²) in [4.78, 5) is 14.1. The maximum Gasteiger partial charge on any atom is 0.327 e. The van der Waals surface area contributed by atoms with Crippen LogP contribution in [0.1, 0.15) is 11.1 Å². The molecular formula is C17H11Cl3N2OS. The second-order valence-electron chi connectivity index (χ2n) is 5.18. The van der Waals surface area contributed by atoms with Crippen LogP contribution < -0.4 is 5.32 Å². The first-order valence-corrected chi connectivity index (χ1v) is 8.52. The minimum Gasteiger partial charge on any atom is -0.305 e. The molecular weight excluding hydrogens is 387 g/mol. The lowest BCUT2D eigenvalue weighted by atomic mass is 10.2. The van der Waals surface area contributed by atoms with Gasteiger partial charge in [0.25, 0.3) is 0 Å². The maximum atomic E-state index is 12.2. The van der Waals surface area contributed by atoms with E-state index in [9.17, 15) is 4.79 Å². The zero-order chi connectivity index (χ0) is 17.3. The molecule has 0 aliphatic carbocycles. The first-order chi connectivity index (χ1) is 11.4. The van der Waals surface area contributed by atoms with Crippen molar-refractivity contribution in [3.8, 4) is 0 Å². The van der Waals surface area contributed by atoms with Crippen LogP contribution in [0.15, 0.2) is 48.2 Å². The second-order valence-corrected chi connectivity index (χ2v) is 6.82. The van der Waals surface area contributed by atoms with E-state index in [1.165, 1.54) is 4.90 Å². The van der Waals surface area contributed by atoms with Crippen LogP contribution in [-0.4, -0.2) is 15.9 Å². The lowest BCUT2D eigenvalue weighted by Crippen LogP contribution is -2.29. The van der Waals surface area contributed by atoms with Crippen molar-refractivity contribution in [3.05, 3.63) is 74.4 Å². The van der Waals surface area contributed by atoms with Gasteiger partial charge in [0.2, 0.25) is 0 Å². The van der Waals surface area contributed by atoms with E-state index in [1.807, 2.05) is 12.1 Å². The Hall–Kier alpha value is -1.59. The number of halogens is 3. The van der Waals surface area contributed by atoms with E-state index in [-0.39, 0.29) is 6.03 Å². The lowest BCUT2D eigenvalue weighted by Gasteiger charge is -2.14. The van der Waals surface area contributed by atoms with Gasteiger partial charge in [-0.15, -0.1) is 0 Å². The molecule has 3 rings (SSSR count). The molecule has 0 spiro atoms. The zero-order valence-electron chi connectivity index (χ0n) is 12.2. The number of benzene rings is 2. The third-order valence-electron chi connectivity index (χ3n) is 3.47. The molecule has 2 aromatic carbocycles. The Bertz CT molecular complexity index is 849. The summed E-state index contributed by atoms with van der Waals surface area (Å²) >= 11 is 23.2. The molecule has 1 aliphatic heterocycles. The van der Waals surface area contributed by atoms with Crippen LogP contribution in [0.3, 0.4) is 0 Å². The zero-order valence-corrected chi connectivity index (χ0v) is 15.3. The average molecular weight is 398 g/mol. The summed E-state index contributed by atoms with van der Waals surface area (Å²) in [5.41, 5.74) is 2.30. The van der Waals surface area contributed by atoms with Crippen LogP contribution in [0.5, 0.6) is 0 Å². The summed E-state index contributed by atoms with van der Waals surface area (Å²) < 4.78 is 0. The molecule has 2 aromatic rings. The quantitative estimate of drug-likeness (QED) is 0.545. The molecule has 0 bridgehead atoms. The van der Waals surface area contributed by atoms with Crippen molar-refractivity contribution in [1.29, 1.82) is 0 Å². The molecule has 3 nitrogen and oxygen atoms in total. The van der Waals surface area contributed by atoms with Crippen LogP contribution >= 0.6 is 47.0 Å². The number of nitrogens with zero attached hydrogens (tertiary/aromatic N) is 1. The Morgan fingerprint density at radius 3 is 2.42 bits per heavy atom. The van der Waals surface area contributed by atoms with Gasteiger partial charge in [0, 0.05) is 5.02 Å². The molecule has 0 radical (unpaired) electrons. The normalized spacial score (nSPS) is 16.0. The highest BCUT2D eigenvalue weighted by atomic mass is 35.5. The van der Waals surface area contributed by atoms with Gasteiger partial charge in [0.15, 0.2) is 0 Å². The number of nitrogens with one attached hydrogen (secondary N) is 1. The highest BCUT2D eigenvalue weighted by Gasteiger charge is 2.29. The molecule has 24 heavy (non-hydrogen) atoms. The van der Waals surface area contributed by atoms with Crippen molar-refractivity contribution >= 4 is 64.1 Å².